The fourth-order valence-corrected chi connectivity index (χ4v) is 7.35. The van der Waals surface area contributed by atoms with Crippen molar-refractivity contribution in [1.29, 1.82) is 0 Å². The number of anilines is 1. The molecule has 0 spiro atoms. The minimum atomic E-state index is -3.98. The molecule has 0 fully saturated rings. The second-order valence-electron chi connectivity index (χ2n) is 6.77. The van der Waals surface area contributed by atoms with Crippen molar-refractivity contribution in [2.24, 2.45) is 0 Å². The zero-order valence-electron chi connectivity index (χ0n) is 15.6. The maximum absolute atomic E-state index is 13.2. The molecule has 2 N–H and O–H groups in total. The molecule has 0 radical (unpaired) electrons. The summed E-state index contributed by atoms with van der Waals surface area (Å²) in [7, 11) is -7.78. The molecule has 1 amide bonds. The van der Waals surface area contributed by atoms with Crippen molar-refractivity contribution in [3.8, 4) is 0 Å². The highest BCUT2D eigenvalue weighted by molar-refractivity contribution is 7.93. The van der Waals surface area contributed by atoms with Gasteiger partial charge < -0.3 is 5.32 Å². The van der Waals surface area contributed by atoms with Crippen LogP contribution in [0.25, 0.3) is 0 Å². The maximum Gasteiger partial charge on any atom is 0.240 e. The largest absolute Gasteiger partial charge is 0.326 e. The van der Waals surface area contributed by atoms with Crippen molar-refractivity contribution >= 4 is 42.8 Å². The number of sulfone groups is 1. The highest BCUT2D eigenvalue weighted by atomic mass is 32.2. The predicted octanol–water partition coefficient (Wildman–Crippen LogP) is 2.74. The van der Waals surface area contributed by atoms with Crippen LogP contribution in [0.4, 0.5) is 5.69 Å². The summed E-state index contributed by atoms with van der Waals surface area (Å²) in [5.74, 6) is -0.196. The van der Waals surface area contributed by atoms with Crippen LogP contribution in [0.2, 0.25) is 0 Å². The van der Waals surface area contributed by atoms with E-state index >= 15 is 0 Å². The molecule has 4 rings (SSSR count). The Morgan fingerprint density at radius 2 is 1.77 bits per heavy atom. The number of sulfonamides is 1. The molecule has 7 nitrogen and oxygen atoms in total. The molecule has 10 heteroatoms. The highest BCUT2D eigenvalue weighted by Gasteiger charge is 2.32. The first-order valence-electron chi connectivity index (χ1n) is 9.02. The van der Waals surface area contributed by atoms with Crippen LogP contribution >= 0.6 is 11.3 Å². The molecular weight excluding hydrogens is 444 g/mol. The Morgan fingerprint density at radius 3 is 2.47 bits per heavy atom. The molecule has 0 aliphatic carbocycles. The lowest BCUT2D eigenvalue weighted by molar-refractivity contribution is -0.115. The van der Waals surface area contributed by atoms with Gasteiger partial charge in [0.25, 0.3) is 0 Å². The minimum Gasteiger partial charge on any atom is -0.326 e. The number of thiophene rings is 1. The average molecular weight is 463 g/mol. The van der Waals surface area contributed by atoms with Crippen LogP contribution in [0.5, 0.6) is 0 Å². The summed E-state index contributed by atoms with van der Waals surface area (Å²) in [6.07, 6.45) is 0.109. The van der Waals surface area contributed by atoms with Gasteiger partial charge in [0.1, 0.15) is 9.46 Å². The van der Waals surface area contributed by atoms with Crippen molar-refractivity contribution in [2.75, 3.05) is 11.9 Å². The first-order chi connectivity index (χ1) is 14.3. The lowest BCUT2D eigenvalue weighted by Crippen LogP contribution is -2.31. The summed E-state index contributed by atoms with van der Waals surface area (Å²) in [5, 5.41) is 3.24. The van der Waals surface area contributed by atoms with Crippen LogP contribution in [0, 0.1) is 0 Å². The van der Waals surface area contributed by atoms with Gasteiger partial charge in [-0.3, -0.25) is 4.79 Å². The smallest absolute Gasteiger partial charge is 0.240 e. The molecule has 1 aliphatic rings. The van der Waals surface area contributed by atoms with E-state index in [1.54, 1.807) is 41.8 Å². The Kier molecular flexibility index (Phi) is 5.49. The quantitative estimate of drug-likeness (QED) is 0.561. The van der Waals surface area contributed by atoms with E-state index in [2.05, 4.69) is 10.0 Å². The van der Waals surface area contributed by atoms with E-state index in [-0.39, 0.29) is 28.0 Å². The minimum absolute atomic E-state index is 0.0157. The summed E-state index contributed by atoms with van der Waals surface area (Å²) in [5.41, 5.74) is 1.67. The standard InChI is InChI=1S/C20H18N2O5S3/c23-19-12-15-11-16(8-9-17(15)22-19)30(26,27)21-13-18(14-5-2-1-3-6-14)29(24,25)20-7-4-10-28-20/h1-11,18,21H,12-13H2,(H,22,23)/t18-/m0/s1. The predicted molar refractivity (Wildman–Crippen MR) is 115 cm³/mol. The van der Waals surface area contributed by atoms with Crippen LogP contribution in [0.1, 0.15) is 16.4 Å². The summed E-state index contributed by atoms with van der Waals surface area (Å²) >= 11 is 1.09. The lowest BCUT2D eigenvalue weighted by Gasteiger charge is -2.18. The highest BCUT2D eigenvalue weighted by Crippen LogP contribution is 2.32. The Bertz CT molecular complexity index is 1290. The molecule has 0 saturated carbocycles. The van der Waals surface area contributed by atoms with Crippen molar-refractivity contribution in [3.63, 3.8) is 0 Å². The molecule has 1 aromatic heterocycles. The number of hydrogen-bond donors (Lipinski definition) is 2. The zero-order valence-corrected chi connectivity index (χ0v) is 18.1. The average Bonchev–Trinajstić information content (AvgIpc) is 3.37. The second kappa shape index (κ2) is 7.95. The Balaban J connectivity index is 1.63. The summed E-state index contributed by atoms with van der Waals surface area (Å²) in [6, 6.07) is 16.0. The SMILES string of the molecule is O=C1Cc2cc(S(=O)(=O)NC[C@@H](c3ccccc3)S(=O)(=O)c3cccs3)ccc2N1. The van der Waals surface area contributed by atoms with E-state index in [1.807, 2.05) is 0 Å². The molecule has 0 unspecified atom stereocenters. The van der Waals surface area contributed by atoms with Gasteiger partial charge in [-0.2, -0.15) is 0 Å². The van der Waals surface area contributed by atoms with E-state index in [1.165, 1.54) is 24.3 Å². The number of benzene rings is 2. The molecule has 2 aromatic carbocycles. The van der Waals surface area contributed by atoms with Gasteiger partial charge in [0.2, 0.25) is 15.9 Å². The third kappa shape index (κ3) is 4.04. The molecule has 3 aromatic rings. The summed E-state index contributed by atoms with van der Waals surface area (Å²) < 4.78 is 54.7. The van der Waals surface area contributed by atoms with Gasteiger partial charge in [-0.05, 0) is 40.8 Å². The van der Waals surface area contributed by atoms with Gasteiger partial charge in [0.05, 0.1) is 11.3 Å². The van der Waals surface area contributed by atoms with Gasteiger partial charge in [-0.25, -0.2) is 21.6 Å². The maximum atomic E-state index is 13.2. The van der Waals surface area contributed by atoms with Gasteiger partial charge in [-0.1, -0.05) is 36.4 Å². The molecular formula is C20H18N2O5S3. The summed E-state index contributed by atoms with van der Waals surface area (Å²) in [6.45, 7) is -0.319. The summed E-state index contributed by atoms with van der Waals surface area (Å²) in [4.78, 5) is 11.5. The van der Waals surface area contributed by atoms with Crippen LogP contribution in [-0.2, 0) is 31.1 Å². The molecule has 1 atom stereocenters. The van der Waals surface area contributed by atoms with E-state index in [9.17, 15) is 21.6 Å². The van der Waals surface area contributed by atoms with Gasteiger partial charge >= 0.3 is 0 Å². The fourth-order valence-electron chi connectivity index (χ4n) is 3.28. The molecule has 2 heterocycles. The number of rotatable bonds is 7. The van der Waals surface area contributed by atoms with Gasteiger partial charge in [0, 0.05) is 12.2 Å². The Hall–Kier alpha value is -2.53. The van der Waals surface area contributed by atoms with Crippen LogP contribution < -0.4 is 10.0 Å². The number of carbonyl (C=O) groups excluding carboxylic acids is 1. The Morgan fingerprint density at radius 1 is 1.00 bits per heavy atom. The number of nitrogens with one attached hydrogen (secondary N) is 2. The first kappa shape index (κ1) is 20.7. The third-order valence-electron chi connectivity index (χ3n) is 4.79. The van der Waals surface area contributed by atoms with Crippen molar-refractivity contribution in [2.45, 2.75) is 20.8 Å². The molecule has 30 heavy (non-hydrogen) atoms. The fraction of sp³-hybridized carbons (Fsp3) is 0.150. The van der Waals surface area contributed by atoms with Crippen LogP contribution in [0.3, 0.4) is 0 Å². The normalized spacial score (nSPS) is 14.9. The first-order valence-corrected chi connectivity index (χ1v) is 12.9. The molecule has 0 bridgehead atoms. The Labute approximate surface area is 178 Å². The second-order valence-corrected chi connectivity index (χ2v) is 11.8. The molecule has 156 valence electrons. The van der Waals surface area contributed by atoms with Gasteiger partial charge in [0.15, 0.2) is 9.84 Å². The monoisotopic (exact) mass is 462 g/mol. The topological polar surface area (TPSA) is 109 Å². The number of fused-ring (bicyclic) bond motifs is 1. The number of carbonyl (C=O) groups is 1. The number of hydrogen-bond acceptors (Lipinski definition) is 6. The van der Waals surface area contributed by atoms with Crippen molar-refractivity contribution in [3.05, 3.63) is 77.2 Å². The van der Waals surface area contributed by atoms with Gasteiger partial charge in [-0.15, -0.1) is 11.3 Å². The van der Waals surface area contributed by atoms with E-state index in [0.29, 0.717) is 16.8 Å². The molecule has 0 saturated heterocycles. The third-order valence-corrected chi connectivity index (χ3v) is 9.75. The van der Waals surface area contributed by atoms with E-state index < -0.39 is 25.1 Å². The van der Waals surface area contributed by atoms with E-state index in [0.717, 1.165) is 11.3 Å². The lowest BCUT2D eigenvalue weighted by atomic mass is 10.1. The van der Waals surface area contributed by atoms with Crippen molar-refractivity contribution in [1.82, 2.24) is 4.72 Å². The van der Waals surface area contributed by atoms with Crippen LogP contribution in [-0.4, -0.2) is 29.3 Å². The number of amides is 1. The van der Waals surface area contributed by atoms with Crippen LogP contribution in [0.15, 0.2) is 75.1 Å². The zero-order chi connectivity index (χ0) is 21.4. The van der Waals surface area contributed by atoms with E-state index in [4.69, 9.17) is 0 Å². The molecule has 1 aliphatic heterocycles. The van der Waals surface area contributed by atoms with Crippen molar-refractivity contribution < 1.29 is 21.6 Å².